The van der Waals surface area contributed by atoms with Gasteiger partial charge < -0.3 is 20.7 Å². The Morgan fingerprint density at radius 1 is 0.513 bits per heavy atom. The highest BCUT2D eigenvalue weighted by atomic mass is 16.4. The molecule has 0 atom stereocenters. The van der Waals surface area contributed by atoms with Gasteiger partial charge in [0.15, 0.2) is 0 Å². The van der Waals surface area contributed by atoms with Crippen molar-refractivity contribution in [2.24, 2.45) is 0 Å². The lowest BCUT2D eigenvalue weighted by atomic mass is 9.80. The van der Waals surface area contributed by atoms with Gasteiger partial charge in [-0.1, -0.05) is 122 Å². The summed E-state index contributed by atoms with van der Waals surface area (Å²) in [6.45, 7) is 19.9. The SMILES string of the molecule is CC(C)[NH2+]C(C)C.CC(C)[NH2+]C(C)C.CCCCCCCCCCCCCCCCc1ccc(B([O-])[O-])cc1. The summed E-state index contributed by atoms with van der Waals surface area (Å²) < 4.78 is 0. The van der Waals surface area contributed by atoms with Gasteiger partial charge >= 0.3 is 0 Å². The van der Waals surface area contributed by atoms with Gasteiger partial charge in [0.1, 0.15) is 0 Å². The third-order valence-corrected chi connectivity index (χ3v) is 6.61. The Hall–Kier alpha value is -0.875. The van der Waals surface area contributed by atoms with E-state index in [-0.39, 0.29) is 0 Å². The van der Waals surface area contributed by atoms with Crippen LogP contribution in [0.3, 0.4) is 0 Å². The highest BCUT2D eigenvalue weighted by Crippen LogP contribution is 2.13. The van der Waals surface area contributed by atoms with E-state index in [0.717, 1.165) is 30.6 Å². The molecule has 0 aliphatic heterocycles. The monoisotopic (exact) mass is 549 g/mol. The molecule has 0 saturated heterocycles. The number of benzene rings is 1. The minimum atomic E-state index is -1.85. The maximum absolute atomic E-state index is 10.8. The smallest absolute Gasteiger partial charge is 0.0803 e. The summed E-state index contributed by atoms with van der Waals surface area (Å²) in [5, 5.41) is 26.2. The van der Waals surface area contributed by atoms with Gasteiger partial charge in [-0.2, -0.15) is 0 Å². The molecule has 5 heteroatoms. The molecule has 4 N–H and O–H groups in total. The molecule has 0 aromatic heterocycles. The molecule has 0 heterocycles. The van der Waals surface area contributed by atoms with Crippen molar-refractivity contribution < 1.29 is 20.7 Å². The van der Waals surface area contributed by atoms with E-state index < -0.39 is 7.12 Å². The Labute approximate surface area is 245 Å². The molecule has 4 nitrogen and oxygen atoms in total. The minimum absolute atomic E-state index is 0.352. The van der Waals surface area contributed by atoms with Crippen molar-refractivity contribution in [3.63, 3.8) is 0 Å². The molecule has 0 unspecified atom stereocenters. The van der Waals surface area contributed by atoms with Crippen LogP contribution in [0.4, 0.5) is 0 Å². The maximum atomic E-state index is 10.8. The number of quaternary nitrogens is 2. The second kappa shape index (κ2) is 28.6. The average Bonchev–Trinajstić information content (AvgIpc) is 2.83. The fourth-order valence-electron chi connectivity index (χ4n) is 4.90. The topological polar surface area (TPSA) is 79.3 Å². The highest BCUT2D eigenvalue weighted by molar-refractivity contribution is 6.55. The van der Waals surface area contributed by atoms with Gasteiger partial charge in [0.2, 0.25) is 0 Å². The van der Waals surface area contributed by atoms with Crippen molar-refractivity contribution in [1.82, 2.24) is 0 Å². The molecule has 1 aromatic carbocycles. The van der Waals surface area contributed by atoms with E-state index in [9.17, 15) is 10.0 Å². The molecule has 0 aliphatic rings. The molecule has 1 aromatic rings. The first-order chi connectivity index (χ1) is 18.5. The lowest BCUT2D eigenvalue weighted by Gasteiger charge is -2.26. The zero-order chi connectivity index (χ0) is 29.9. The minimum Gasteiger partial charge on any atom is -0.889 e. The van der Waals surface area contributed by atoms with Crippen LogP contribution in [0.25, 0.3) is 0 Å². The van der Waals surface area contributed by atoms with E-state index in [1.165, 1.54) is 95.5 Å². The van der Waals surface area contributed by atoms with Crippen molar-refractivity contribution in [1.29, 1.82) is 0 Å². The van der Waals surface area contributed by atoms with Gasteiger partial charge in [-0.25, -0.2) is 0 Å². The average molecular weight is 549 g/mol. The summed E-state index contributed by atoms with van der Waals surface area (Å²) in [6, 6.07) is 10.2. The summed E-state index contributed by atoms with van der Waals surface area (Å²) in [6.07, 6.45) is 20.4. The molecule has 0 radical (unpaired) electrons. The van der Waals surface area contributed by atoms with Crippen LogP contribution in [-0.4, -0.2) is 31.3 Å². The van der Waals surface area contributed by atoms with Gasteiger partial charge in [-0.3, -0.25) is 0 Å². The summed E-state index contributed by atoms with van der Waals surface area (Å²) in [7, 11) is -1.85. The zero-order valence-electron chi connectivity index (χ0n) is 27.8. The number of nitrogens with two attached hydrogens (primary N) is 2. The van der Waals surface area contributed by atoms with E-state index in [1.807, 2.05) is 12.1 Å². The molecule has 0 fully saturated rings. The molecule has 0 bridgehead atoms. The van der Waals surface area contributed by atoms with Crippen molar-refractivity contribution in [3.05, 3.63) is 29.8 Å². The fourth-order valence-corrected chi connectivity index (χ4v) is 4.90. The number of unbranched alkanes of at least 4 members (excludes halogenated alkanes) is 13. The third-order valence-electron chi connectivity index (χ3n) is 6.61. The van der Waals surface area contributed by atoms with E-state index in [4.69, 9.17) is 0 Å². The molecular formula is C34H69BN2O2. The summed E-state index contributed by atoms with van der Waals surface area (Å²) >= 11 is 0. The van der Waals surface area contributed by atoms with Crippen LogP contribution in [0.1, 0.15) is 158 Å². The standard InChI is InChI=1S/C22H37BO2.2C6H15N/c1-2-3-4-5-6-7-8-9-10-11-12-13-14-15-16-21-17-19-22(20-18-21)23(24)25;2*1-5(2)7-6(3)4/h17-20H,2-16H2,1H3;2*5-7H,1-4H3/q-2;;/p+2. The Kier molecular flexibility index (Phi) is 29.6. The van der Waals surface area contributed by atoms with E-state index >= 15 is 0 Å². The summed E-state index contributed by atoms with van der Waals surface area (Å²) in [4.78, 5) is 0. The van der Waals surface area contributed by atoms with E-state index in [2.05, 4.69) is 72.9 Å². The quantitative estimate of drug-likeness (QED) is 0.180. The Balaban J connectivity index is 0. The Morgan fingerprint density at radius 2 is 0.821 bits per heavy atom. The molecule has 0 aliphatic carbocycles. The van der Waals surface area contributed by atoms with Crippen molar-refractivity contribution in [2.45, 2.75) is 183 Å². The second-order valence-corrected chi connectivity index (χ2v) is 12.8. The van der Waals surface area contributed by atoms with Gasteiger partial charge in [-0.05, 0) is 73.8 Å². The van der Waals surface area contributed by atoms with Crippen LogP contribution < -0.4 is 26.1 Å². The zero-order valence-corrected chi connectivity index (χ0v) is 27.8. The van der Waals surface area contributed by atoms with Crippen LogP contribution in [0.5, 0.6) is 0 Å². The highest BCUT2D eigenvalue weighted by Gasteiger charge is 1.98. The Morgan fingerprint density at radius 3 is 1.08 bits per heavy atom. The fraction of sp³-hybridized carbons (Fsp3) is 0.824. The lowest BCUT2D eigenvalue weighted by Crippen LogP contribution is -2.92. The predicted molar refractivity (Wildman–Crippen MR) is 170 cm³/mol. The van der Waals surface area contributed by atoms with Crippen LogP contribution in [-0.2, 0) is 6.42 Å². The van der Waals surface area contributed by atoms with Gasteiger partial charge in [0.25, 0.3) is 0 Å². The molecule has 230 valence electrons. The first-order valence-corrected chi connectivity index (χ1v) is 16.6. The van der Waals surface area contributed by atoms with Crippen LogP contribution >= 0.6 is 0 Å². The molecule has 0 spiro atoms. The third kappa shape index (κ3) is 33.2. The first kappa shape index (κ1) is 40.3. The van der Waals surface area contributed by atoms with Crippen LogP contribution in [0.15, 0.2) is 24.3 Å². The van der Waals surface area contributed by atoms with Crippen molar-refractivity contribution in [3.8, 4) is 0 Å². The summed E-state index contributed by atoms with van der Waals surface area (Å²) in [5.41, 5.74) is 1.59. The normalized spacial score (nSPS) is 11.1. The second-order valence-electron chi connectivity index (χ2n) is 12.8. The molecule has 39 heavy (non-hydrogen) atoms. The van der Waals surface area contributed by atoms with Crippen molar-refractivity contribution in [2.75, 3.05) is 0 Å². The first-order valence-electron chi connectivity index (χ1n) is 16.6. The van der Waals surface area contributed by atoms with Gasteiger partial charge in [-0.15, -0.1) is 5.46 Å². The molecule has 0 saturated carbocycles. The molecule has 1 rings (SSSR count). The maximum Gasteiger partial charge on any atom is 0.0803 e. The number of hydrogen-bond acceptors (Lipinski definition) is 2. The predicted octanol–water partition coefficient (Wildman–Crippen LogP) is 4.86. The lowest BCUT2D eigenvalue weighted by molar-refractivity contribution is -0.709. The van der Waals surface area contributed by atoms with Gasteiger partial charge in [0.05, 0.1) is 24.2 Å². The number of aryl methyl sites for hydroxylation is 1. The number of rotatable bonds is 20. The molecule has 0 amide bonds. The summed E-state index contributed by atoms with van der Waals surface area (Å²) in [5.74, 6) is 0. The molecular weight excluding hydrogens is 479 g/mol. The Bertz CT molecular complexity index is 578. The largest absolute Gasteiger partial charge is 0.889 e. The number of hydrogen-bond donors (Lipinski definition) is 2. The van der Waals surface area contributed by atoms with E-state index in [0.29, 0.717) is 5.46 Å². The van der Waals surface area contributed by atoms with Gasteiger partial charge in [0, 0.05) is 0 Å². The van der Waals surface area contributed by atoms with E-state index in [1.54, 1.807) is 12.1 Å². The van der Waals surface area contributed by atoms with Crippen molar-refractivity contribution >= 4 is 12.6 Å². The van der Waals surface area contributed by atoms with Crippen LogP contribution in [0, 0.1) is 0 Å². The van der Waals surface area contributed by atoms with Crippen LogP contribution in [0.2, 0.25) is 0 Å².